The number of unbranched alkanes of at least 4 members (excludes halogenated alkanes) is 1. The fourth-order valence-corrected chi connectivity index (χ4v) is 2.76. The standard InChI is InChI=1S/C14H28N2O2/c1-3-5-7-13(6-4-2)16-10-8-15(9-11-16)12-14(17)18/h13H,3-12H2,1-2H3,(H,17,18). The van der Waals surface area contributed by atoms with Crippen LogP contribution in [0.1, 0.15) is 46.0 Å². The zero-order chi connectivity index (χ0) is 13.4. The summed E-state index contributed by atoms with van der Waals surface area (Å²) in [6.07, 6.45) is 6.38. The minimum atomic E-state index is -0.709. The van der Waals surface area contributed by atoms with Crippen molar-refractivity contribution in [3.8, 4) is 0 Å². The van der Waals surface area contributed by atoms with Crippen molar-refractivity contribution in [2.24, 2.45) is 0 Å². The molecule has 0 radical (unpaired) electrons. The predicted octanol–water partition coefficient (Wildman–Crippen LogP) is 2.05. The highest BCUT2D eigenvalue weighted by molar-refractivity contribution is 5.69. The van der Waals surface area contributed by atoms with Gasteiger partial charge in [0.2, 0.25) is 0 Å². The molecule has 1 aliphatic rings. The van der Waals surface area contributed by atoms with Gasteiger partial charge < -0.3 is 5.11 Å². The molecule has 0 aliphatic carbocycles. The Morgan fingerprint density at radius 3 is 2.28 bits per heavy atom. The van der Waals surface area contributed by atoms with Crippen LogP contribution in [-0.2, 0) is 4.79 Å². The summed E-state index contributed by atoms with van der Waals surface area (Å²) in [5.74, 6) is -0.709. The highest BCUT2D eigenvalue weighted by Crippen LogP contribution is 2.16. The second-order valence-electron chi connectivity index (χ2n) is 5.29. The van der Waals surface area contributed by atoms with Crippen LogP contribution in [0.2, 0.25) is 0 Å². The number of piperazine rings is 1. The third-order valence-electron chi connectivity index (χ3n) is 3.79. The minimum absolute atomic E-state index is 0.196. The Balaban J connectivity index is 2.35. The minimum Gasteiger partial charge on any atom is -0.480 e. The van der Waals surface area contributed by atoms with E-state index >= 15 is 0 Å². The van der Waals surface area contributed by atoms with Crippen LogP contribution in [0.3, 0.4) is 0 Å². The maximum Gasteiger partial charge on any atom is 0.317 e. The number of carboxylic acid groups (broad SMARTS) is 1. The smallest absolute Gasteiger partial charge is 0.317 e. The highest BCUT2D eigenvalue weighted by Gasteiger charge is 2.23. The van der Waals surface area contributed by atoms with Gasteiger partial charge in [-0.05, 0) is 12.8 Å². The quantitative estimate of drug-likeness (QED) is 0.722. The lowest BCUT2D eigenvalue weighted by molar-refractivity contribution is -0.138. The van der Waals surface area contributed by atoms with E-state index in [1.807, 2.05) is 4.90 Å². The fourth-order valence-electron chi connectivity index (χ4n) is 2.76. The summed E-state index contributed by atoms with van der Waals surface area (Å²) < 4.78 is 0. The van der Waals surface area contributed by atoms with Gasteiger partial charge in [-0.25, -0.2) is 0 Å². The number of aliphatic carboxylic acids is 1. The van der Waals surface area contributed by atoms with Crippen LogP contribution >= 0.6 is 0 Å². The first-order valence-corrected chi connectivity index (χ1v) is 7.35. The molecule has 4 nitrogen and oxygen atoms in total. The number of carbonyl (C=O) groups is 1. The van der Waals surface area contributed by atoms with E-state index < -0.39 is 5.97 Å². The number of rotatable bonds is 8. The Labute approximate surface area is 111 Å². The third-order valence-corrected chi connectivity index (χ3v) is 3.79. The molecule has 0 aromatic rings. The highest BCUT2D eigenvalue weighted by atomic mass is 16.4. The Kier molecular flexibility index (Phi) is 7.28. The molecule has 1 atom stereocenters. The maximum atomic E-state index is 10.7. The Morgan fingerprint density at radius 1 is 1.11 bits per heavy atom. The largest absolute Gasteiger partial charge is 0.480 e. The zero-order valence-electron chi connectivity index (χ0n) is 11.9. The Hall–Kier alpha value is -0.610. The first kappa shape index (κ1) is 15.4. The maximum absolute atomic E-state index is 10.7. The first-order chi connectivity index (χ1) is 8.67. The third kappa shape index (κ3) is 5.36. The SMILES string of the molecule is CCCCC(CCC)N1CCN(CC(=O)O)CC1. The molecule has 1 saturated heterocycles. The van der Waals surface area contributed by atoms with Crippen LogP contribution in [0.15, 0.2) is 0 Å². The van der Waals surface area contributed by atoms with E-state index in [9.17, 15) is 4.79 Å². The van der Waals surface area contributed by atoms with Crippen LogP contribution in [0.5, 0.6) is 0 Å². The van der Waals surface area contributed by atoms with Crippen molar-refractivity contribution in [3.05, 3.63) is 0 Å². The second kappa shape index (κ2) is 8.48. The van der Waals surface area contributed by atoms with Gasteiger partial charge in [-0.3, -0.25) is 14.6 Å². The van der Waals surface area contributed by atoms with Crippen LogP contribution in [0.25, 0.3) is 0 Å². The van der Waals surface area contributed by atoms with E-state index in [2.05, 4.69) is 18.7 Å². The number of nitrogens with zero attached hydrogens (tertiary/aromatic N) is 2. The molecule has 0 aromatic carbocycles. The fraction of sp³-hybridized carbons (Fsp3) is 0.929. The molecule has 0 spiro atoms. The van der Waals surface area contributed by atoms with Crippen molar-refractivity contribution < 1.29 is 9.90 Å². The molecule has 0 saturated carbocycles. The molecular formula is C14H28N2O2. The van der Waals surface area contributed by atoms with Gasteiger partial charge in [-0.2, -0.15) is 0 Å². The number of carboxylic acids is 1. The van der Waals surface area contributed by atoms with E-state index in [0.717, 1.165) is 26.2 Å². The average Bonchev–Trinajstić information content (AvgIpc) is 2.35. The zero-order valence-corrected chi connectivity index (χ0v) is 11.9. The molecule has 0 amide bonds. The van der Waals surface area contributed by atoms with Crippen molar-refractivity contribution in [1.29, 1.82) is 0 Å². The monoisotopic (exact) mass is 256 g/mol. The molecule has 0 aromatic heterocycles. The molecule has 1 heterocycles. The molecule has 106 valence electrons. The summed E-state index contributed by atoms with van der Waals surface area (Å²) in [6.45, 7) is 8.55. The molecule has 4 heteroatoms. The Bertz CT molecular complexity index is 238. The van der Waals surface area contributed by atoms with E-state index in [4.69, 9.17) is 5.11 Å². The van der Waals surface area contributed by atoms with Gasteiger partial charge in [0.25, 0.3) is 0 Å². The Morgan fingerprint density at radius 2 is 1.78 bits per heavy atom. The van der Waals surface area contributed by atoms with Crippen molar-refractivity contribution in [1.82, 2.24) is 9.80 Å². The van der Waals surface area contributed by atoms with Crippen molar-refractivity contribution >= 4 is 5.97 Å². The lowest BCUT2D eigenvalue weighted by Crippen LogP contribution is -2.51. The van der Waals surface area contributed by atoms with Crippen molar-refractivity contribution in [2.75, 3.05) is 32.7 Å². The molecule has 1 unspecified atom stereocenters. The summed E-state index contributed by atoms with van der Waals surface area (Å²) >= 11 is 0. The summed E-state index contributed by atoms with van der Waals surface area (Å²) in [4.78, 5) is 15.3. The van der Waals surface area contributed by atoms with Crippen LogP contribution in [0, 0.1) is 0 Å². The van der Waals surface area contributed by atoms with Crippen molar-refractivity contribution in [3.63, 3.8) is 0 Å². The van der Waals surface area contributed by atoms with E-state index in [1.165, 1.54) is 32.1 Å². The van der Waals surface area contributed by atoms with Gasteiger partial charge in [0.05, 0.1) is 6.54 Å². The molecule has 0 bridgehead atoms. The van der Waals surface area contributed by atoms with Crippen LogP contribution < -0.4 is 0 Å². The van der Waals surface area contributed by atoms with Crippen LogP contribution in [0.4, 0.5) is 0 Å². The average molecular weight is 256 g/mol. The lowest BCUT2D eigenvalue weighted by atomic mass is 10.0. The van der Waals surface area contributed by atoms with Gasteiger partial charge in [0.1, 0.15) is 0 Å². The van der Waals surface area contributed by atoms with Gasteiger partial charge in [0, 0.05) is 32.2 Å². The van der Waals surface area contributed by atoms with E-state index in [-0.39, 0.29) is 6.54 Å². The topological polar surface area (TPSA) is 43.8 Å². The molecule has 1 fully saturated rings. The van der Waals surface area contributed by atoms with Crippen molar-refractivity contribution in [2.45, 2.75) is 52.0 Å². The first-order valence-electron chi connectivity index (χ1n) is 7.35. The summed E-state index contributed by atoms with van der Waals surface area (Å²) in [6, 6.07) is 0.710. The molecule has 1 aliphatic heterocycles. The summed E-state index contributed by atoms with van der Waals surface area (Å²) in [5.41, 5.74) is 0. The number of hydrogen-bond donors (Lipinski definition) is 1. The lowest BCUT2D eigenvalue weighted by Gasteiger charge is -2.39. The van der Waals surface area contributed by atoms with Gasteiger partial charge in [-0.1, -0.05) is 33.1 Å². The van der Waals surface area contributed by atoms with Gasteiger partial charge in [-0.15, -0.1) is 0 Å². The van der Waals surface area contributed by atoms with E-state index in [1.54, 1.807) is 0 Å². The van der Waals surface area contributed by atoms with Crippen LogP contribution in [-0.4, -0.2) is 59.6 Å². The molecule has 1 N–H and O–H groups in total. The predicted molar refractivity (Wildman–Crippen MR) is 73.9 cm³/mol. The second-order valence-corrected chi connectivity index (χ2v) is 5.29. The molecule has 18 heavy (non-hydrogen) atoms. The molecule has 1 rings (SSSR count). The number of hydrogen-bond acceptors (Lipinski definition) is 3. The molecular weight excluding hydrogens is 228 g/mol. The van der Waals surface area contributed by atoms with E-state index in [0.29, 0.717) is 6.04 Å². The normalized spacial score (nSPS) is 19.9. The van der Waals surface area contributed by atoms with Gasteiger partial charge >= 0.3 is 5.97 Å². The van der Waals surface area contributed by atoms with Gasteiger partial charge in [0.15, 0.2) is 0 Å². The summed E-state index contributed by atoms with van der Waals surface area (Å²) in [7, 11) is 0. The summed E-state index contributed by atoms with van der Waals surface area (Å²) in [5, 5.41) is 8.79.